The highest BCUT2D eigenvalue weighted by Crippen LogP contribution is 2.27. The lowest BCUT2D eigenvalue weighted by Gasteiger charge is -2.33. The van der Waals surface area contributed by atoms with E-state index in [1.807, 2.05) is 37.9 Å². The Bertz CT molecular complexity index is 651. The van der Waals surface area contributed by atoms with Crippen LogP contribution in [0.25, 0.3) is 0 Å². The molecule has 0 aliphatic carbocycles. The fraction of sp³-hybridized carbons (Fsp3) is 0.696. The van der Waals surface area contributed by atoms with Gasteiger partial charge in [-0.15, -0.1) is 0 Å². The summed E-state index contributed by atoms with van der Waals surface area (Å²) in [5.74, 6) is -0.382. The van der Waals surface area contributed by atoms with Crippen molar-refractivity contribution in [2.75, 3.05) is 7.11 Å². The van der Waals surface area contributed by atoms with Crippen molar-refractivity contribution in [3.63, 3.8) is 0 Å². The Kier molecular flexibility index (Phi) is 12.9. The minimum absolute atomic E-state index is 0.0405. The van der Waals surface area contributed by atoms with Gasteiger partial charge in [-0.1, -0.05) is 56.4 Å². The van der Waals surface area contributed by atoms with Crippen LogP contribution in [-0.4, -0.2) is 53.7 Å². The molecule has 0 fully saturated rings. The van der Waals surface area contributed by atoms with Crippen molar-refractivity contribution in [1.29, 1.82) is 0 Å². The van der Waals surface area contributed by atoms with E-state index in [9.17, 15) is 15.0 Å². The van der Waals surface area contributed by atoms with Crippen molar-refractivity contribution in [2.45, 2.75) is 77.4 Å². The van der Waals surface area contributed by atoms with E-state index in [0.717, 1.165) is 0 Å². The van der Waals surface area contributed by atoms with E-state index in [2.05, 4.69) is 22.6 Å². The Hall–Kier alpha value is -0.940. The van der Waals surface area contributed by atoms with E-state index in [4.69, 9.17) is 19.6 Å². The van der Waals surface area contributed by atoms with Gasteiger partial charge in [-0.2, -0.15) is 0 Å². The van der Waals surface area contributed by atoms with Gasteiger partial charge in [0.2, 0.25) is 5.76 Å². The van der Waals surface area contributed by atoms with Crippen molar-refractivity contribution in [1.82, 2.24) is 0 Å². The van der Waals surface area contributed by atoms with Gasteiger partial charge in [-0.25, -0.2) is 4.79 Å². The Morgan fingerprint density at radius 3 is 2.42 bits per heavy atom. The van der Waals surface area contributed by atoms with Crippen molar-refractivity contribution >= 4 is 28.6 Å². The number of methoxy groups -OCH3 is 1. The molecule has 1 aromatic rings. The normalized spacial score (nSPS) is 19.0. The summed E-state index contributed by atoms with van der Waals surface area (Å²) in [6.45, 7) is 7.82. The van der Waals surface area contributed by atoms with Gasteiger partial charge in [0.25, 0.3) is 0 Å². The molecule has 0 aromatic carbocycles. The SMILES string of the molecule is CO[C@@H]([C@@H](C)[C@@H](CC[C@H](N)[C@@H](O)C[C@H](O)C(C)C)OC(=O)c1ccco1)[C@H](C)/C=C/I. The summed E-state index contributed by atoms with van der Waals surface area (Å²) < 4.78 is 18.6. The second-order valence-corrected chi connectivity index (χ2v) is 9.23. The number of ether oxygens (including phenoxy) is 2. The van der Waals surface area contributed by atoms with E-state index < -0.39 is 30.3 Å². The smallest absolute Gasteiger partial charge is 0.374 e. The summed E-state index contributed by atoms with van der Waals surface area (Å²) in [6, 6.07) is 2.65. The predicted octanol–water partition coefficient (Wildman–Crippen LogP) is 3.92. The molecule has 1 rings (SSSR count). The molecule has 8 heteroatoms. The molecule has 1 heterocycles. The lowest BCUT2D eigenvalue weighted by Crippen LogP contribution is -2.41. The quantitative estimate of drug-likeness (QED) is 0.237. The molecule has 0 spiro atoms. The Morgan fingerprint density at radius 2 is 1.90 bits per heavy atom. The van der Waals surface area contributed by atoms with Crippen molar-refractivity contribution in [3.8, 4) is 0 Å². The molecule has 7 atom stereocenters. The summed E-state index contributed by atoms with van der Waals surface area (Å²) in [5.41, 5.74) is 6.19. The van der Waals surface area contributed by atoms with Gasteiger partial charge in [-0.3, -0.25) is 0 Å². The Balaban J connectivity index is 2.89. The van der Waals surface area contributed by atoms with Gasteiger partial charge in [-0.05, 0) is 35.0 Å². The molecule has 7 nitrogen and oxygen atoms in total. The highest BCUT2D eigenvalue weighted by atomic mass is 127. The first-order valence-corrected chi connectivity index (χ1v) is 12.0. The van der Waals surface area contributed by atoms with Crippen LogP contribution < -0.4 is 5.73 Å². The third-order valence-electron chi connectivity index (χ3n) is 5.78. The van der Waals surface area contributed by atoms with Gasteiger partial charge in [0.15, 0.2) is 0 Å². The van der Waals surface area contributed by atoms with E-state index in [1.165, 1.54) is 6.26 Å². The molecule has 178 valence electrons. The molecule has 31 heavy (non-hydrogen) atoms. The van der Waals surface area contributed by atoms with Crippen LogP contribution in [0.1, 0.15) is 57.5 Å². The van der Waals surface area contributed by atoms with Gasteiger partial charge in [0.05, 0.1) is 24.6 Å². The first-order chi connectivity index (χ1) is 14.6. The number of halogens is 1. The first kappa shape index (κ1) is 28.1. The Morgan fingerprint density at radius 1 is 1.23 bits per heavy atom. The number of hydrogen-bond donors (Lipinski definition) is 3. The summed E-state index contributed by atoms with van der Waals surface area (Å²) in [7, 11) is 1.65. The molecule has 0 saturated heterocycles. The number of nitrogens with two attached hydrogens (primary N) is 1. The zero-order valence-corrected chi connectivity index (χ0v) is 21.3. The predicted molar refractivity (Wildman–Crippen MR) is 129 cm³/mol. The molecule has 0 aliphatic heterocycles. The molecular weight excluding hydrogens is 513 g/mol. The molecule has 0 aliphatic rings. The summed E-state index contributed by atoms with van der Waals surface area (Å²) in [6.07, 6.45) is 2.43. The maximum absolute atomic E-state index is 12.5. The molecule has 0 bridgehead atoms. The third kappa shape index (κ3) is 9.21. The maximum atomic E-state index is 12.5. The Labute approximate surface area is 199 Å². The number of furan rings is 1. The number of carbonyl (C=O) groups is 1. The fourth-order valence-corrected chi connectivity index (χ4v) is 4.26. The number of hydrogen-bond acceptors (Lipinski definition) is 7. The van der Waals surface area contributed by atoms with Gasteiger partial charge in [0, 0.05) is 31.4 Å². The molecule has 0 amide bonds. The second kappa shape index (κ2) is 14.3. The molecule has 0 saturated carbocycles. The van der Waals surface area contributed by atoms with E-state index >= 15 is 0 Å². The first-order valence-electron chi connectivity index (χ1n) is 10.8. The van der Waals surface area contributed by atoms with Crippen molar-refractivity contribution in [2.24, 2.45) is 23.5 Å². The van der Waals surface area contributed by atoms with Crippen LogP contribution in [0, 0.1) is 17.8 Å². The van der Waals surface area contributed by atoms with Gasteiger partial charge < -0.3 is 29.8 Å². The largest absolute Gasteiger partial charge is 0.457 e. The average molecular weight is 551 g/mol. The topological polar surface area (TPSA) is 115 Å². The zero-order chi connectivity index (χ0) is 23.6. The monoisotopic (exact) mass is 551 g/mol. The lowest BCUT2D eigenvalue weighted by atomic mass is 9.86. The second-order valence-electron chi connectivity index (χ2n) is 8.51. The highest BCUT2D eigenvalue weighted by molar-refractivity contribution is 14.1. The van der Waals surface area contributed by atoms with E-state index in [1.54, 1.807) is 19.2 Å². The summed E-state index contributed by atoms with van der Waals surface area (Å²) >= 11 is 2.17. The molecule has 1 aromatic heterocycles. The minimum atomic E-state index is -0.840. The molecular formula is C23H38INO6. The molecule has 0 radical (unpaired) electrons. The van der Waals surface area contributed by atoms with Crippen LogP contribution in [0.2, 0.25) is 0 Å². The highest BCUT2D eigenvalue weighted by Gasteiger charge is 2.33. The zero-order valence-electron chi connectivity index (χ0n) is 19.1. The van der Waals surface area contributed by atoms with Crippen LogP contribution in [0.3, 0.4) is 0 Å². The minimum Gasteiger partial charge on any atom is -0.457 e. The van der Waals surface area contributed by atoms with Crippen LogP contribution in [0.15, 0.2) is 33.0 Å². The average Bonchev–Trinajstić information content (AvgIpc) is 3.26. The van der Waals surface area contributed by atoms with Crippen LogP contribution in [0.5, 0.6) is 0 Å². The number of esters is 1. The van der Waals surface area contributed by atoms with Crippen LogP contribution in [0.4, 0.5) is 0 Å². The molecule has 4 N–H and O–H groups in total. The van der Waals surface area contributed by atoms with E-state index in [-0.39, 0.29) is 36.0 Å². The van der Waals surface area contributed by atoms with Crippen molar-refractivity contribution < 1.29 is 28.9 Å². The number of carbonyl (C=O) groups excluding carboxylic acids is 1. The summed E-state index contributed by atoms with van der Waals surface area (Å²) in [5, 5.41) is 20.4. The summed E-state index contributed by atoms with van der Waals surface area (Å²) in [4.78, 5) is 12.5. The maximum Gasteiger partial charge on any atom is 0.374 e. The van der Waals surface area contributed by atoms with Crippen LogP contribution >= 0.6 is 22.6 Å². The lowest BCUT2D eigenvalue weighted by molar-refractivity contribution is -0.0454. The van der Waals surface area contributed by atoms with Crippen LogP contribution in [-0.2, 0) is 9.47 Å². The van der Waals surface area contributed by atoms with E-state index in [0.29, 0.717) is 12.8 Å². The number of aliphatic hydroxyl groups is 2. The fourth-order valence-electron chi connectivity index (χ4n) is 3.61. The van der Waals surface area contributed by atoms with Crippen molar-refractivity contribution in [3.05, 3.63) is 34.3 Å². The van der Waals surface area contributed by atoms with Gasteiger partial charge in [0.1, 0.15) is 6.10 Å². The standard InChI is InChI=1S/C23H38INO6/c1-14(2)18(26)13-19(27)17(25)8-9-20(31-23(28)21-7-6-12-30-21)16(4)22(29-5)15(3)10-11-24/h6-7,10-12,14-20,22,26-27H,8-9,13,25H2,1-5H3/b11-10+/t15-,16+,17+,18+,19+,20-,22-/m1/s1. The third-order valence-corrected chi connectivity index (χ3v) is 6.20. The number of rotatable bonds is 14. The number of aliphatic hydroxyl groups excluding tert-OH is 2. The molecule has 0 unspecified atom stereocenters. The van der Waals surface area contributed by atoms with Gasteiger partial charge >= 0.3 is 5.97 Å².